The molecule has 1 saturated carbocycles. The van der Waals surface area contributed by atoms with Gasteiger partial charge in [-0.25, -0.2) is 4.79 Å². The van der Waals surface area contributed by atoms with Crippen molar-refractivity contribution >= 4 is 5.97 Å². The first-order valence-electron chi connectivity index (χ1n) is 9.51. The summed E-state index contributed by atoms with van der Waals surface area (Å²) in [5, 5.41) is 10.2. The molecule has 1 N–H and O–H groups in total. The summed E-state index contributed by atoms with van der Waals surface area (Å²) in [5.74, 6) is -0.756. The molecule has 0 aromatic heterocycles. The van der Waals surface area contributed by atoms with Crippen LogP contribution in [0.15, 0.2) is 12.2 Å². The van der Waals surface area contributed by atoms with Gasteiger partial charge in [-0.05, 0) is 59.8 Å². The van der Waals surface area contributed by atoms with Crippen LogP contribution in [0, 0.1) is 5.92 Å². The van der Waals surface area contributed by atoms with Crippen molar-refractivity contribution in [3.8, 4) is 0 Å². The second-order valence-corrected chi connectivity index (χ2v) is 8.22. The summed E-state index contributed by atoms with van der Waals surface area (Å²) in [6.45, 7) is 12.1. The third-order valence-corrected chi connectivity index (χ3v) is 6.11. The zero-order valence-electron chi connectivity index (χ0n) is 17.2. The normalized spacial score (nSPS) is 23.8. The van der Waals surface area contributed by atoms with Gasteiger partial charge in [0.15, 0.2) is 5.60 Å². The minimum Gasteiger partial charge on any atom is -0.459 e. The van der Waals surface area contributed by atoms with Crippen LogP contribution in [-0.4, -0.2) is 40.2 Å². The second-order valence-electron chi connectivity index (χ2n) is 8.22. The van der Waals surface area contributed by atoms with E-state index in [9.17, 15) is 23.1 Å². The lowest BCUT2D eigenvalue weighted by atomic mass is 9.77. The third kappa shape index (κ3) is 4.67. The van der Waals surface area contributed by atoms with Gasteiger partial charge in [0.25, 0.3) is 0 Å². The van der Waals surface area contributed by atoms with Crippen molar-refractivity contribution in [1.82, 2.24) is 0 Å². The Morgan fingerprint density at radius 1 is 1.15 bits per heavy atom. The number of esters is 1. The average molecular weight is 394 g/mol. The first-order chi connectivity index (χ1) is 12.1. The van der Waals surface area contributed by atoms with Crippen molar-refractivity contribution < 1.29 is 32.5 Å². The molecule has 0 aromatic carbocycles. The largest absolute Gasteiger partial charge is 0.459 e. The Labute approximate surface area is 160 Å². The van der Waals surface area contributed by atoms with E-state index in [1.807, 2.05) is 13.8 Å². The lowest BCUT2D eigenvalue weighted by Gasteiger charge is -2.50. The number of halogens is 3. The Morgan fingerprint density at radius 3 is 2.07 bits per heavy atom. The molecular formula is C20H33F3O4. The molecule has 1 rings (SSSR count). The SMILES string of the molecule is C=C(C)C(=O)OC1CCCC1C(CC)(CC)OC(C)(C)C(C)(O)C(F)(F)F. The Balaban J connectivity index is 3.20. The summed E-state index contributed by atoms with van der Waals surface area (Å²) < 4.78 is 51.9. The Hall–Kier alpha value is -1.08. The molecule has 0 radical (unpaired) electrons. The van der Waals surface area contributed by atoms with E-state index in [-0.39, 0.29) is 11.5 Å². The molecule has 1 aliphatic rings. The molecule has 3 atom stereocenters. The van der Waals surface area contributed by atoms with Crippen LogP contribution in [0.25, 0.3) is 0 Å². The van der Waals surface area contributed by atoms with E-state index in [0.717, 1.165) is 13.3 Å². The quantitative estimate of drug-likeness (QED) is 0.468. The highest BCUT2D eigenvalue weighted by Gasteiger charge is 2.62. The van der Waals surface area contributed by atoms with Crippen LogP contribution >= 0.6 is 0 Å². The molecule has 0 saturated heterocycles. The predicted octanol–water partition coefficient (Wildman–Crippen LogP) is 4.94. The minimum absolute atomic E-state index is 0.251. The van der Waals surface area contributed by atoms with Crippen LogP contribution in [0.1, 0.15) is 73.6 Å². The van der Waals surface area contributed by atoms with Gasteiger partial charge in [0, 0.05) is 11.5 Å². The fourth-order valence-corrected chi connectivity index (χ4v) is 3.85. The van der Waals surface area contributed by atoms with Crippen molar-refractivity contribution in [3.63, 3.8) is 0 Å². The Morgan fingerprint density at radius 2 is 1.67 bits per heavy atom. The van der Waals surface area contributed by atoms with Crippen LogP contribution in [0.4, 0.5) is 13.2 Å². The highest BCUT2D eigenvalue weighted by atomic mass is 19.4. The molecule has 0 aliphatic heterocycles. The maximum Gasteiger partial charge on any atom is 0.419 e. The fourth-order valence-electron chi connectivity index (χ4n) is 3.85. The van der Waals surface area contributed by atoms with E-state index in [2.05, 4.69) is 6.58 Å². The van der Waals surface area contributed by atoms with Crippen LogP contribution in [-0.2, 0) is 14.3 Å². The van der Waals surface area contributed by atoms with Gasteiger partial charge in [0.1, 0.15) is 11.7 Å². The molecule has 0 amide bonds. The van der Waals surface area contributed by atoms with Crippen molar-refractivity contribution in [2.24, 2.45) is 5.92 Å². The van der Waals surface area contributed by atoms with E-state index < -0.39 is 35.1 Å². The number of hydrogen-bond donors (Lipinski definition) is 1. The number of carbonyl (C=O) groups is 1. The summed E-state index contributed by atoms with van der Waals surface area (Å²) in [5.41, 5.74) is -5.59. The number of alkyl halides is 3. The molecular weight excluding hydrogens is 361 g/mol. The van der Waals surface area contributed by atoms with E-state index >= 15 is 0 Å². The predicted molar refractivity (Wildman–Crippen MR) is 97.2 cm³/mol. The van der Waals surface area contributed by atoms with Gasteiger partial charge in [-0.1, -0.05) is 20.4 Å². The van der Waals surface area contributed by atoms with Crippen LogP contribution in [0.2, 0.25) is 0 Å². The first-order valence-corrected chi connectivity index (χ1v) is 9.51. The summed E-state index contributed by atoms with van der Waals surface area (Å²) in [6.07, 6.45) is -2.31. The lowest BCUT2D eigenvalue weighted by molar-refractivity contribution is -0.336. The monoisotopic (exact) mass is 394 g/mol. The zero-order chi connectivity index (χ0) is 21.3. The lowest BCUT2D eigenvalue weighted by Crippen LogP contribution is -2.63. The molecule has 27 heavy (non-hydrogen) atoms. The molecule has 0 aromatic rings. The van der Waals surface area contributed by atoms with Gasteiger partial charge >= 0.3 is 12.1 Å². The van der Waals surface area contributed by atoms with E-state index in [4.69, 9.17) is 9.47 Å². The van der Waals surface area contributed by atoms with Gasteiger partial charge in [0.05, 0.1) is 5.60 Å². The molecule has 0 spiro atoms. The van der Waals surface area contributed by atoms with Crippen LogP contribution in [0.5, 0.6) is 0 Å². The maximum atomic E-state index is 13.4. The molecule has 4 nitrogen and oxygen atoms in total. The molecule has 3 unspecified atom stereocenters. The van der Waals surface area contributed by atoms with E-state index in [0.29, 0.717) is 25.7 Å². The van der Waals surface area contributed by atoms with E-state index in [1.165, 1.54) is 13.8 Å². The number of hydrogen-bond acceptors (Lipinski definition) is 4. The van der Waals surface area contributed by atoms with Gasteiger partial charge < -0.3 is 14.6 Å². The summed E-state index contributed by atoms with van der Waals surface area (Å²) in [4.78, 5) is 12.0. The van der Waals surface area contributed by atoms with Gasteiger partial charge in [-0.2, -0.15) is 13.2 Å². The Bertz CT molecular complexity index is 548. The molecule has 158 valence electrons. The molecule has 1 aliphatic carbocycles. The van der Waals surface area contributed by atoms with Crippen molar-refractivity contribution in [2.45, 2.75) is 103 Å². The first kappa shape index (κ1) is 24.0. The van der Waals surface area contributed by atoms with Gasteiger partial charge in [0.2, 0.25) is 0 Å². The van der Waals surface area contributed by atoms with Crippen LogP contribution < -0.4 is 0 Å². The molecule has 0 heterocycles. The zero-order valence-corrected chi connectivity index (χ0v) is 17.2. The molecule has 7 heteroatoms. The number of carbonyl (C=O) groups excluding carboxylic acids is 1. The van der Waals surface area contributed by atoms with E-state index in [1.54, 1.807) is 6.92 Å². The topological polar surface area (TPSA) is 55.8 Å². The maximum absolute atomic E-state index is 13.4. The fraction of sp³-hybridized carbons (Fsp3) is 0.850. The van der Waals surface area contributed by atoms with Crippen molar-refractivity contribution in [3.05, 3.63) is 12.2 Å². The second kappa shape index (κ2) is 8.11. The van der Waals surface area contributed by atoms with Gasteiger partial charge in [-0.15, -0.1) is 0 Å². The highest BCUT2D eigenvalue weighted by Crippen LogP contribution is 2.48. The third-order valence-electron chi connectivity index (χ3n) is 6.11. The van der Waals surface area contributed by atoms with Crippen molar-refractivity contribution in [2.75, 3.05) is 0 Å². The summed E-state index contributed by atoms with van der Waals surface area (Å²) >= 11 is 0. The molecule has 0 bridgehead atoms. The van der Waals surface area contributed by atoms with Crippen molar-refractivity contribution in [1.29, 1.82) is 0 Å². The smallest absolute Gasteiger partial charge is 0.419 e. The standard InChI is InChI=1S/C20H33F3O4/c1-8-19(9-2,27-17(5,6)18(7,25)20(21,22)23)14-11-10-12-15(14)26-16(24)13(3)4/h14-15,25H,3,8-12H2,1-2,4-7H3. The average Bonchev–Trinajstić information content (AvgIpc) is 3.00. The summed E-state index contributed by atoms with van der Waals surface area (Å²) in [6, 6.07) is 0. The molecule has 1 fully saturated rings. The Kier molecular flexibility index (Phi) is 7.20. The number of ether oxygens (including phenoxy) is 2. The highest BCUT2D eigenvalue weighted by molar-refractivity contribution is 5.87. The van der Waals surface area contributed by atoms with Gasteiger partial charge in [-0.3, -0.25) is 0 Å². The number of aliphatic hydroxyl groups is 1. The van der Waals surface area contributed by atoms with Crippen LogP contribution in [0.3, 0.4) is 0 Å². The number of rotatable bonds is 8. The summed E-state index contributed by atoms with van der Waals surface area (Å²) in [7, 11) is 0. The minimum atomic E-state index is -4.84.